The van der Waals surface area contributed by atoms with E-state index >= 15 is 0 Å². The van der Waals surface area contributed by atoms with Crippen molar-refractivity contribution in [2.24, 2.45) is 0 Å². The Morgan fingerprint density at radius 3 is 2.81 bits per heavy atom. The van der Waals surface area contributed by atoms with E-state index in [-0.39, 0.29) is 5.82 Å². The first-order valence-electron chi connectivity index (χ1n) is 5.80. The average molecular weight is 323 g/mol. The van der Waals surface area contributed by atoms with Crippen molar-refractivity contribution in [2.45, 2.75) is 24.5 Å². The van der Waals surface area contributed by atoms with E-state index in [1.165, 1.54) is 12.4 Å². The van der Waals surface area contributed by atoms with Crippen LogP contribution in [0.2, 0.25) is 0 Å². The quantitative estimate of drug-likeness (QED) is 0.325. The Kier molecular flexibility index (Phi) is 4.74. The SMILES string of the molecule is O=C(NC1O[C@H](CO)[C@@H](O)[C@H]1OP(=O)(O)O)c1ncc[nH]1. The van der Waals surface area contributed by atoms with Crippen molar-refractivity contribution in [1.29, 1.82) is 0 Å². The zero-order valence-electron chi connectivity index (χ0n) is 10.5. The number of carbonyl (C=O) groups is 1. The molecule has 4 atom stereocenters. The Balaban J connectivity index is 2.11. The summed E-state index contributed by atoms with van der Waals surface area (Å²) in [5, 5.41) is 21.1. The molecule has 1 aliphatic rings. The van der Waals surface area contributed by atoms with Gasteiger partial charge in [-0.25, -0.2) is 9.55 Å². The van der Waals surface area contributed by atoms with E-state index in [1.54, 1.807) is 0 Å². The molecular weight excluding hydrogens is 309 g/mol. The van der Waals surface area contributed by atoms with Gasteiger partial charge in [0.25, 0.3) is 5.91 Å². The lowest BCUT2D eigenvalue weighted by Crippen LogP contribution is -2.45. The zero-order chi connectivity index (χ0) is 15.6. The van der Waals surface area contributed by atoms with E-state index in [0.29, 0.717) is 0 Å². The van der Waals surface area contributed by atoms with Crippen LogP contribution in [-0.2, 0) is 13.8 Å². The van der Waals surface area contributed by atoms with Crippen LogP contribution in [0.25, 0.3) is 0 Å². The number of phosphoric ester groups is 1. The van der Waals surface area contributed by atoms with Gasteiger partial charge in [0.1, 0.15) is 18.3 Å². The van der Waals surface area contributed by atoms with Crippen molar-refractivity contribution in [2.75, 3.05) is 6.61 Å². The van der Waals surface area contributed by atoms with Crippen LogP contribution in [0.15, 0.2) is 12.4 Å². The molecule has 1 aromatic rings. The Bertz CT molecular complexity index is 531. The molecule has 1 amide bonds. The molecule has 1 aliphatic heterocycles. The number of hydrogen-bond donors (Lipinski definition) is 6. The molecule has 12 heteroatoms. The summed E-state index contributed by atoms with van der Waals surface area (Å²) in [7, 11) is -4.93. The standard InChI is InChI=1S/C9H14N3O8P/c13-3-4-5(14)6(20-21(16,17)18)9(19-4)12-8(15)7-10-1-2-11-7/h1-2,4-6,9,13-14H,3H2,(H,10,11)(H,12,15)(H2,16,17,18)/t4-,5-,6-,9?/m1/s1. The van der Waals surface area contributed by atoms with Crippen LogP contribution >= 0.6 is 7.82 Å². The number of phosphoric acid groups is 1. The number of hydrogen-bond acceptors (Lipinski definition) is 7. The lowest BCUT2D eigenvalue weighted by Gasteiger charge is -2.21. The monoisotopic (exact) mass is 323 g/mol. The number of amides is 1. The molecule has 2 heterocycles. The van der Waals surface area contributed by atoms with Crippen LogP contribution < -0.4 is 5.32 Å². The number of imidazole rings is 1. The minimum absolute atomic E-state index is 0.0598. The van der Waals surface area contributed by atoms with Crippen LogP contribution in [0, 0.1) is 0 Å². The highest BCUT2D eigenvalue weighted by Crippen LogP contribution is 2.41. The lowest BCUT2D eigenvalue weighted by atomic mass is 10.1. The van der Waals surface area contributed by atoms with E-state index < -0.39 is 44.9 Å². The Labute approximate surface area is 118 Å². The summed E-state index contributed by atoms with van der Waals surface area (Å²) in [6.07, 6.45) is -2.84. The maximum atomic E-state index is 11.8. The summed E-state index contributed by atoms with van der Waals surface area (Å²) in [6.45, 7) is -0.616. The van der Waals surface area contributed by atoms with Crippen LogP contribution in [0.5, 0.6) is 0 Å². The molecule has 0 spiro atoms. The molecule has 0 radical (unpaired) electrons. The molecule has 11 nitrogen and oxygen atoms in total. The smallest absolute Gasteiger partial charge is 0.394 e. The Morgan fingerprint density at radius 2 is 2.29 bits per heavy atom. The maximum Gasteiger partial charge on any atom is 0.470 e. The Morgan fingerprint density at radius 1 is 1.57 bits per heavy atom. The number of ether oxygens (including phenoxy) is 1. The summed E-state index contributed by atoms with van der Waals surface area (Å²) in [4.78, 5) is 35.6. The number of H-pyrrole nitrogens is 1. The third-order valence-corrected chi connectivity index (χ3v) is 3.28. The molecule has 2 rings (SSSR count). The minimum Gasteiger partial charge on any atom is -0.394 e. The van der Waals surface area contributed by atoms with Gasteiger partial charge in [0.15, 0.2) is 12.1 Å². The van der Waals surface area contributed by atoms with Gasteiger partial charge in [-0.05, 0) is 0 Å². The topological polar surface area (TPSA) is 174 Å². The summed E-state index contributed by atoms with van der Waals surface area (Å²) in [6, 6.07) is 0. The van der Waals surface area contributed by atoms with Crippen LogP contribution in [0.3, 0.4) is 0 Å². The van der Waals surface area contributed by atoms with Gasteiger partial charge < -0.3 is 35.0 Å². The van der Waals surface area contributed by atoms with Gasteiger partial charge in [0.2, 0.25) is 0 Å². The molecule has 0 bridgehead atoms. The lowest BCUT2D eigenvalue weighted by molar-refractivity contribution is -0.0304. The number of aromatic nitrogens is 2. The highest BCUT2D eigenvalue weighted by atomic mass is 31.2. The van der Waals surface area contributed by atoms with Gasteiger partial charge in [-0.1, -0.05) is 0 Å². The summed E-state index contributed by atoms with van der Waals surface area (Å²) in [5.74, 6) is -0.787. The second-order valence-corrected chi connectivity index (χ2v) is 5.43. The fourth-order valence-electron chi connectivity index (χ4n) is 1.87. The molecule has 0 aromatic carbocycles. The van der Waals surface area contributed by atoms with Crippen molar-refractivity contribution < 1.29 is 38.6 Å². The van der Waals surface area contributed by atoms with Crippen molar-refractivity contribution in [3.05, 3.63) is 18.2 Å². The third kappa shape index (κ3) is 3.86. The van der Waals surface area contributed by atoms with E-state index in [0.717, 1.165) is 0 Å². The molecule has 1 unspecified atom stereocenters. The number of nitrogens with zero attached hydrogens (tertiary/aromatic N) is 1. The largest absolute Gasteiger partial charge is 0.470 e. The average Bonchev–Trinajstić information content (AvgIpc) is 3.00. The first-order valence-corrected chi connectivity index (χ1v) is 7.33. The molecule has 1 aromatic heterocycles. The highest BCUT2D eigenvalue weighted by Gasteiger charge is 2.48. The highest BCUT2D eigenvalue weighted by molar-refractivity contribution is 7.46. The maximum absolute atomic E-state index is 11.8. The molecule has 0 aliphatic carbocycles. The number of rotatable bonds is 5. The Hall–Kier alpha value is -1.33. The first kappa shape index (κ1) is 16.0. The molecule has 6 N–H and O–H groups in total. The predicted molar refractivity (Wildman–Crippen MR) is 64.7 cm³/mol. The molecule has 1 fully saturated rings. The summed E-state index contributed by atoms with van der Waals surface area (Å²) in [5.41, 5.74) is 0. The second-order valence-electron chi connectivity index (χ2n) is 4.24. The fourth-order valence-corrected chi connectivity index (χ4v) is 2.42. The van der Waals surface area contributed by atoms with E-state index in [2.05, 4.69) is 19.8 Å². The van der Waals surface area contributed by atoms with E-state index in [1.807, 2.05) is 0 Å². The predicted octanol–water partition coefficient (Wildman–Crippen LogP) is -2.30. The molecule has 1 saturated heterocycles. The van der Waals surface area contributed by atoms with Gasteiger partial charge in [-0.15, -0.1) is 0 Å². The van der Waals surface area contributed by atoms with Gasteiger partial charge in [0, 0.05) is 12.4 Å². The number of carbonyl (C=O) groups excluding carboxylic acids is 1. The molecule has 0 saturated carbocycles. The fraction of sp³-hybridized carbons (Fsp3) is 0.556. The van der Waals surface area contributed by atoms with Gasteiger partial charge in [-0.2, -0.15) is 0 Å². The number of nitrogens with one attached hydrogen (secondary N) is 2. The number of aliphatic hydroxyl groups excluding tert-OH is 2. The minimum atomic E-state index is -4.93. The van der Waals surface area contributed by atoms with Gasteiger partial charge in [0.05, 0.1) is 6.61 Å². The molecule has 118 valence electrons. The zero-order valence-corrected chi connectivity index (χ0v) is 11.4. The van der Waals surface area contributed by atoms with Crippen LogP contribution in [0.4, 0.5) is 0 Å². The van der Waals surface area contributed by atoms with Crippen LogP contribution in [0.1, 0.15) is 10.6 Å². The van der Waals surface area contributed by atoms with Gasteiger partial charge in [-0.3, -0.25) is 9.32 Å². The van der Waals surface area contributed by atoms with Crippen molar-refractivity contribution >= 4 is 13.7 Å². The van der Waals surface area contributed by atoms with Crippen molar-refractivity contribution in [3.8, 4) is 0 Å². The summed E-state index contributed by atoms with van der Waals surface area (Å²) >= 11 is 0. The van der Waals surface area contributed by atoms with Crippen LogP contribution in [-0.4, -0.2) is 67.0 Å². The van der Waals surface area contributed by atoms with Crippen molar-refractivity contribution in [3.63, 3.8) is 0 Å². The van der Waals surface area contributed by atoms with E-state index in [9.17, 15) is 14.5 Å². The summed E-state index contributed by atoms with van der Waals surface area (Å²) < 4.78 is 20.4. The van der Waals surface area contributed by atoms with E-state index in [4.69, 9.17) is 19.6 Å². The third-order valence-electron chi connectivity index (χ3n) is 2.76. The number of aliphatic hydroxyl groups is 2. The molecule has 21 heavy (non-hydrogen) atoms. The van der Waals surface area contributed by atoms with Gasteiger partial charge >= 0.3 is 7.82 Å². The number of aromatic amines is 1. The second kappa shape index (κ2) is 6.20. The molecular formula is C9H14N3O8P. The first-order chi connectivity index (χ1) is 9.81. The normalized spacial score (nSPS) is 29.5. The van der Waals surface area contributed by atoms with Crippen molar-refractivity contribution in [1.82, 2.24) is 15.3 Å².